The lowest BCUT2D eigenvalue weighted by Gasteiger charge is -2.39. The van der Waals surface area contributed by atoms with Crippen molar-refractivity contribution in [2.24, 2.45) is 0 Å². The van der Waals surface area contributed by atoms with Gasteiger partial charge in [0.2, 0.25) is 6.29 Å². The highest BCUT2D eigenvalue weighted by molar-refractivity contribution is 6.10. The fourth-order valence-electron chi connectivity index (χ4n) is 4.14. The highest BCUT2D eigenvalue weighted by atomic mass is 16.7. The Morgan fingerprint density at radius 1 is 0.881 bits per heavy atom. The number of benzene rings is 3. The number of carbonyl (C=O) groups is 2. The molecule has 0 spiro atoms. The van der Waals surface area contributed by atoms with Crippen LogP contribution in [0.1, 0.15) is 28.4 Å². The molecule has 0 aromatic heterocycles. The van der Waals surface area contributed by atoms with Gasteiger partial charge in [0.15, 0.2) is 5.78 Å². The SMILES string of the molecule is CCOC(=O)Oc1ccc(C=CC(=O)c2c(OCc3ccccc3)cccc2O[C@@H]2O[C@H](CO)[C@@H](O)[C@H](O)[C@H]2O)cc1. The number of carbonyl (C=O) groups excluding carboxylic acids is 2. The molecule has 0 aliphatic carbocycles. The second-order valence-corrected chi connectivity index (χ2v) is 9.27. The summed E-state index contributed by atoms with van der Waals surface area (Å²) in [7, 11) is 0. The van der Waals surface area contributed by atoms with E-state index >= 15 is 0 Å². The molecule has 1 saturated heterocycles. The van der Waals surface area contributed by atoms with Gasteiger partial charge in [-0.05, 0) is 48.4 Å². The van der Waals surface area contributed by atoms with E-state index in [1.165, 1.54) is 12.1 Å². The zero-order valence-electron chi connectivity index (χ0n) is 22.7. The Hall–Kier alpha value is -4.26. The third-order valence-corrected chi connectivity index (χ3v) is 6.33. The van der Waals surface area contributed by atoms with Crippen LogP contribution in [0.25, 0.3) is 6.08 Å². The molecule has 4 rings (SSSR count). The second-order valence-electron chi connectivity index (χ2n) is 9.27. The average molecular weight is 581 g/mol. The van der Waals surface area contributed by atoms with E-state index in [1.54, 1.807) is 49.4 Å². The number of aliphatic hydroxyl groups excluding tert-OH is 4. The first kappa shape index (κ1) is 30.7. The summed E-state index contributed by atoms with van der Waals surface area (Å²) in [6.07, 6.45) is -5.58. The first-order chi connectivity index (χ1) is 20.3. The van der Waals surface area contributed by atoms with E-state index in [0.29, 0.717) is 5.56 Å². The Labute approximate surface area is 242 Å². The van der Waals surface area contributed by atoms with E-state index < -0.39 is 49.3 Å². The maximum atomic E-state index is 13.6. The number of hydrogen-bond donors (Lipinski definition) is 4. The summed E-state index contributed by atoms with van der Waals surface area (Å²) < 4.78 is 27.1. The maximum absolute atomic E-state index is 13.6. The fourth-order valence-corrected chi connectivity index (χ4v) is 4.14. The van der Waals surface area contributed by atoms with Crippen LogP contribution in [0.15, 0.2) is 78.9 Å². The van der Waals surface area contributed by atoms with Crippen molar-refractivity contribution in [3.8, 4) is 17.2 Å². The lowest BCUT2D eigenvalue weighted by Crippen LogP contribution is -2.60. The Morgan fingerprint density at radius 3 is 2.29 bits per heavy atom. The molecular formula is C31H32O11. The molecule has 222 valence electrons. The minimum absolute atomic E-state index is 0.0160. The molecule has 5 atom stereocenters. The lowest BCUT2D eigenvalue weighted by molar-refractivity contribution is -0.277. The smallest absolute Gasteiger partial charge is 0.488 e. The largest absolute Gasteiger partial charge is 0.513 e. The lowest BCUT2D eigenvalue weighted by atomic mass is 9.99. The summed E-state index contributed by atoms with van der Waals surface area (Å²) in [5.74, 6) is -0.0663. The molecule has 42 heavy (non-hydrogen) atoms. The van der Waals surface area contributed by atoms with Gasteiger partial charge in [-0.25, -0.2) is 4.79 Å². The Balaban J connectivity index is 1.59. The highest BCUT2D eigenvalue weighted by Gasteiger charge is 2.45. The van der Waals surface area contributed by atoms with Crippen molar-refractivity contribution in [3.05, 3.63) is 95.6 Å². The molecule has 0 saturated carbocycles. The first-order valence-electron chi connectivity index (χ1n) is 13.2. The molecule has 0 amide bonds. The molecule has 1 aliphatic rings. The van der Waals surface area contributed by atoms with Gasteiger partial charge in [-0.1, -0.05) is 54.6 Å². The van der Waals surface area contributed by atoms with Gasteiger partial charge in [-0.15, -0.1) is 0 Å². The Bertz CT molecular complexity index is 1360. The first-order valence-corrected chi connectivity index (χ1v) is 13.2. The van der Waals surface area contributed by atoms with Crippen LogP contribution in [0.4, 0.5) is 4.79 Å². The zero-order chi connectivity index (χ0) is 30.1. The summed E-state index contributed by atoms with van der Waals surface area (Å²) in [6, 6.07) is 20.3. The van der Waals surface area contributed by atoms with Crippen molar-refractivity contribution in [2.45, 2.75) is 44.2 Å². The van der Waals surface area contributed by atoms with E-state index in [1.807, 2.05) is 30.3 Å². The zero-order valence-corrected chi connectivity index (χ0v) is 22.7. The molecule has 11 heteroatoms. The van der Waals surface area contributed by atoms with Crippen molar-refractivity contribution in [3.63, 3.8) is 0 Å². The molecule has 3 aromatic rings. The number of ether oxygens (including phenoxy) is 5. The van der Waals surface area contributed by atoms with E-state index in [0.717, 1.165) is 5.56 Å². The molecule has 0 radical (unpaired) electrons. The van der Waals surface area contributed by atoms with E-state index in [2.05, 4.69) is 0 Å². The Kier molecular flexibility index (Phi) is 10.7. The van der Waals surface area contributed by atoms with Crippen molar-refractivity contribution in [1.29, 1.82) is 0 Å². The van der Waals surface area contributed by atoms with Gasteiger partial charge in [0, 0.05) is 0 Å². The number of allylic oxidation sites excluding steroid dienone is 1. The summed E-state index contributed by atoms with van der Waals surface area (Å²) in [4.78, 5) is 25.1. The third-order valence-electron chi connectivity index (χ3n) is 6.33. The van der Waals surface area contributed by atoms with E-state index in [-0.39, 0.29) is 36.0 Å². The second kappa shape index (κ2) is 14.6. The van der Waals surface area contributed by atoms with Gasteiger partial charge >= 0.3 is 6.16 Å². The van der Waals surface area contributed by atoms with Crippen LogP contribution in [0.2, 0.25) is 0 Å². The number of ketones is 1. The summed E-state index contributed by atoms with van der Waals surface area (Å²) >= 11 is 0. The van der Waals surface area contributed by atoms with Crippen LogP contribution in [0.3, 0.4) is 0 Å². The van der Waals surface area contributed by atoms with Crippen molar-refractivity contribution >= 4 is 18.0 Å². The van der Waals surface area contributed by atoms with Crippen LogP contribution in [0, 0.1) is 0 Å². The minimum atomic E-state index is -1.68. The summed E-state index contributed by atoms with van der Waals surface area (Å²) in [6.45, 7) is 1.36. The molecule has 3 aromatic carbocycles. The van der Waals surface area contributed by atoms with Gasteiger partial charge in [0.05, 0.1) is 13.2 Å². The van der Waals surface area contributed by atoms with Gasteiger partial charge in [0.1, 0.15) is 53.8 Å². The van der Waals surface area contributed by atoms with Crippen LogP contribution in [-0.4, -0.2) is 76.3 Å². The topological polar surface area (TPSA) is 161 Å². The predicted molar refractivity (Wildman–Crippen MR) is 149 cm³/mol. The van der Waals surface area contributed by atoms with Crippen LogP contribution in [-0.2, 0) is 16.1 Å². The normalized spacial score (nSPS) is 22.0. The van der Waals surface area contributed by atoms with Gasteiger partial charge < -0.3 is 44.1 Å². The molecule has 1 aliphatic heterocycles. The average Bonchev–Trinajstić information content (AvgIpc) is 3.00. The number of rotatable bonds is 11. The van der Waals surface area contributed by atoms with Crippen molar-refractivity contribution in [1.82, 2.24) is 0 Å². The molecular weight excluding hydrogens is 548 g/mol. The quantitative estimate of drug-likeness (QED) is 0.114. The van der Waals surface area contributed by atoms with Crippen LogP contribution < -0.4 is 14.2 Å². The van der Waals surface area contributed by atoms with E-state index in [9.17, 15) is 30.0 Å². The third kappa shape index (κ3) is 7.72. The van der Waals surface area contributed by atoms with Crippen LogP contribution >= 0.6 is 0 Å². The van der Waals surface area contributed by atoms with Gasteiger partial charge in [-0.3, -0.25) is 4.79 Å². The predicted octanol–water partition coefficient (Wildman–Crippen LogP) is 2.88. The molecule has 11 nitrogen and oxygen atoms in total. The molecule has 0 bridgehead atoms. The monoisotopic (exact) mass is 580 g/mol. The molecule has 4 N–H and O–H groups in total. The summed E-state index contributed by atoms with van der Waals surface area (Å²) in [5.41, 5.74) is 1.50. The number of aliphatic hydroxyl groups is 4. The van der Waals surface area contributed by atoms with Gasteiger partial charge in [-0.2, -0.15) is 0 Å². The molecule has 1 heterocycles. The number of hydrogen-bond acceptors (Lipinski definition) is 11. The van der Waals surface area contributed by atoms with Crippen molar-refractivity contribution in [2.75, 3.05) is 13.2 Å². The summed E-state index contributed by atoms with van der Waals surface area (Å²) in [5, 5.41) is 40.3. The minimum Gasteiger partial charge on any atom is -0.488 e. The highest BCUT2D eigenvalue weighted by Crippen LogP contribution is 2.33. The maximum Gasteiger partial charge on any atom is 0.513 e. The standard InChI is InChI=1S/C31H32O11/c1-2-38-31(37)40-21-14-11-19(12-15-21)13-16-22(33)26-23(39-18-20-7-4-3-5-8-20)9-6-10-24(26)41-30-29(36)28(35)27(34)25(17-32)42-30/h3-16,25,27-30,32,34-36H,2,17-18H2,1H3/t25-,27-,28+,29-,30-/m1/s1. The van der Waals surface area contributed by atoms with E-state index in [4.69, 9.17) is 23.7 Å². The Morgan fingerprint density at radius 2 is 1.60 bits per heavy atom. The van der Waals surface area contributed by atoms with Crippen molar-refractivity contribution < 1.29 is 53.7 Å². The van der Waals surface area contributed by atoms with Crippen LogP contribution in [0.5, 0.6) is 17.2 Å². The van der Waals surface area contributed by atoms with Gasteiger partial charge in [0.25, 0.3) is 0 Å². The fraction of sp³-hybridized carbons (Fsp3) is 0.290. The molecule has 1 fully saturated rings. The molecule has 0 unspecified atom stereocenters.